The van der Waals surface area contributed by atoms with Crippen molar-refractivity contribution in [1.29, 1.82) is 5.26 Å². The van der Waals surface area contributed by atoms with Gasteiger partial charge in [0.1, 0.15) is 18.2 Å². The van der Waals surface area contributed by atoms with Crippen LogP contribution in [0.5, 0.6) is 0 Å². The Morgan fingerprint density at radius 3 is 2.58 bits per heavy atom. The van der Waals surface area contributed by atoms with Crippen LogP contribution in [0.15, 0.2) is 47.5 Å². The first-order valence-corrected chi connectivity index (χ1v) is 18.8. The highest BCUT2D eigenvalue weighted by atomic mass is 16.5. The number of carbonyl (C=O) groups is 2. The first kappa shape index (κ1) is 35.7. The van der Waals surface area contributed by atoms with E-state index in [1.54, 1.807) is 22.5 Å². The lowest BCUT2D eigenvalue weighted by Crippen LogP contribution is -2.51. The second-order valence-electron chi connectivity index (χ2n) is 14.5. The number of hydrogen-bond donors (Lipinski definition) is 2. The third kappa shape index (κ3) is 7.89. The maximum Gasteiger partial charge on any atom is 0.329 e. The highest BCUT2D eigenvalue weighted by Gasteiger charge is 2.32. The average molecular weight is 708 g/mol. The van der Waals surface area contributed by atoms with E-state index in [2.05, 4.69) is 36.5 Å². The zero-order chi connectivity index (χ0) is 36.0. The van der Waals surface area contributed by atoms with Gasteiger partial charge in [0.25, 0.3) is 0 Å². The standard InChI is InChI=1S/C39H49N9O4/c1-45-36-28(5-2-7-33(36)48(39(45)51)34-14-15-35(49)44-38(34)50)6-3-23-52-24-4-18-46-19-21-47(22-20-46)30-11-9-29(10-12-30)43-37-31-25-27(16-17-40)8-13-32(31)41-26-42-37/h2,5,7-8,13,25-26,29-30,34H,3-4,6,9-12,14-16,18-24H2,1H3,(H,41,42,43)(H,44,49,50). The third-order valence-electron chi connectivity index (χ3n) is 11.1. The summed E-state index contributed by atoms with van der Waals surface area (Å²) < 4.78 is 9.18. The van der Waals surface area contributed by atoms with E-state index in [1.165, 1.54) is 12.8 Å². The summed E-state index contributed by atoms with van der Waals surface area (Å²) in [4.78, 5) is 51.6. The van der Waals surface area contributed by atoms with Gasteiger partial charge in [-0.15, -0.1) is 0 Å². The van der Waals surface area contributed by atoms with Gasteiger partial charge in [-0.25, -0.2) is 14.8 Å². The predicted octanol–water partition coefficient (Wildman–Crippen LogP) is 3.71. The van der Waals surface area contributed by atoms with Crippen molar-refractivity contribution in [3.63, 3.8) is 0 Å². The van der Waals surface area contributed by atoms with Crippen LogP contribution in [0.25, 0.3) is 21.9 Å². The van der Waals surface area contributed by atoms with E-state index in [-0.39, 0.29) is 18.0 Å². The number of imide groups is 1. The number of piperazine rings is 1. The van der Waals surface area contributed by atoms with Gasteiger partial charge in [0.05, 0.1) is 29.0 Å². The van der Waals surface area contributed by atoms with Crippen LogP contribution < -0.4 is 16.3 Å². The van der Waals surface area contributed by atoms with Crippen molar-refractivity contribution >= 4 is 39.6 Å². The number of para-hydroxylation sites is 1. The number of hydrogen-bond acceptors (Lipinski definition) is 10. The number of imidazole rings is 1. The van der Waals surface area contributed by atoms with Gasteiger partial charge in [-0.3, -0.25) is 28.9 Å². The minimum atomic E-state index is -0.678. The van der Waals surface area contributed by atoms with Gasteiger partial charge in [0, 0.05) is 76.9 Å². The Morgan fingerprint density at radius 1 is 0.981 bits per heavy atom. The average Bonchev–Trinajstić information content (AvgIpc) is 3.41. The summed E-state index contributed by atoms with van der Waals surface area (Å²) in [5.41, 5.74) is 4.27. The fraction of sp³-hybridized carbons (Fsp3) is 0.538. The van der Waals surface area contributed by atoms with Gasteiger partial charge in [-0.05, 0) is 80.7 Å². The highest BCUT2D eigenvalue weighted by molar-refractivity contribution is 6.00. The molecule has 52 heavy (non-hydrogen) atoms. The van der Waals surface area contributed by atoms with Crippen LogP contribution in [0.4, 0.5) is 5.82 Å². The number of amides is 2. The van der Waals surface area contributed by atoms with E-state index >= 15 is 0 Å². The SMILES string of the molecule is Cn1c(=O)n(C2CCC(=O)NC2=O)c2cccc(CCCOCCCN3CCN(C4CCC(Nc5ncnc6ccc(CC#N)cc56)CC4)CC3)c21. The van der Waals surface area contributed by atoms with Crippen molar-refractivity contribution in [2.45, 2.75) is 82.3 Å². The number of benzene rings is 2. The normalized spacial score (nSPS) is 21.7. The zero-order valence-electron chi connectivity index (χ0n) is 30.1. The lowest BCUT2D eigenvalue weighted by atomic mass is 9.89. The van der Waals surface area contributed by atoms with Gasteiger partial charge < -0.3 is 15.0 Å². The fourth-order valence-corrected chi connectivity index (χ4v) is 8.36. The van der Waals surface area contributed by atoms with Gasteiger partial charge in [-0.2, -0.15) is 5.26 Å². The number of anilines is 1. The molecule has 2 N–H and O–H groups in total. The number of piperidine rings is 1. The third-order valence-corrected chi connectivity index (χ3v) is 11.1. The molecule has 13 nitrogen and oxygen atoms in total. The van der Waals surface area contributed by atoms with E-state index in [9.17, 15) is 14.4 Å². The Kier molecular flexibility index (Phi) is 11.2. The van der Waals surface area contributed by atoms with Crippen LogP contribution in [-0.4, -0.2) is 98.7 Å². The van der Waals surface area contributed by atoms with Gasteiger partial charge in [-0.1, -0.05) is 18.2 Å². The van der Waals surface area contributed by atoms with Crippen molar-refractivity contribution < 1.29 is 14.3 Å². The molecule has 0 radical (unpaired) electrons. The summed E-state index contributed by atoms with van der Waals surface area (Å²) in [6.45, 7) is 6.84. The summed E-state index contributed by atoms with van der Waals surface area (Å²) in [6, 6.07) is 14.4. The molecule has 0 bridgehead atoms. The Labute approximate surface area is 303 Å². The van der Waals surface area contributed by atoms with Crippen LogP contribution >= 0.6 is 0 Å². The van der Waals surface area contributed by atoms with Crippen LogP contribution in [0.2, 0.25) is 0 Å². The predicted molar refractivity (Wildman–Crippen MR) is 199 cm³/mol. The Bertz CT molecular complexity index is 2000. The van der Waals surface area contributed by atoms with Crippen LogP contribution in [0, 0.1) is 11.3 Å². The second-order valence-corrected chi connectivity index (χ2v) is 14.5. The minimum Gasteiger partial charge on any atom is -0.381 e. The molecule has 4 heterocycles. The van der Waals surface area contributed by atoms with Gasteiger partial charge in [0.15, 0.2) is 0 Å². The number of carbonyl (C=O) groups excluding carboxylic acids is 2. The summed E-state index contributed by atoms with van der Waals surface area (Å²) in [7, 11) is 1.74. The number of nitrogens with zero attached hydrogens (tertiary/aromatic N) is 7. The Morgan fingerprint density at radius 2 is 1.79 bits per heavy atom. The van der Waals surface area contributed by atoms with E-state index in [0.717, 1.165) is 110 Å². The number of fused-ring (bicyclic) bond motifs is 2. The molecular formula is C39H49N9O4. The number of aryl methyl sites for hydroxylation is 2. The molecule has 2 aromatic heterocycles. The smallest absolute Gasteiger partial charge is 0.329 e. The van der Waals surface area contributed by atoms with Crippen LogP contribution in [-0.2, 0) is 34.2 Å². The summed E-state index contributed by atoms with van der Waals surface area (Å²) in [5, 5.41) is 16.2. The topological polar surface area (TPSA) is 150 Å². The maximum atomic E-state index is 13.2. The minimum absolute atomic E-state index is 0.227. The molecule has 2 amide bonds. The van der Waals surface area contributed by atoms with Crippen molar-refractivity contribution in [3.8, 4) is 6.07 Å². The van der Waals surface area contributed by atoms with Crippen LogP contribution in [0.1, 0.15) is 68.5 Å². The highest BCUT2D eigenvalue weighted by Crippen LogP contribution is 2.29. The van der Waals surface area contributed by atoms with Crippen molar-refractivity contribution in [3.05, 3.63) is 64.3 Å². The van der Waals surface area contributed by atoms with E-state index in [0.29, 0.717) is 31.5 Å². The second kappa shape index (κ2) is 16.4. The molecule has 1 unspecified atom stereocenters. The molecule has 0 spiro atoms. The summed E-state index contributed by atoms with van der Waals surface area (Å²) in [6.07, 6.45) is 9.78. The maximum absolute atomic E-state index is 13.2. The first-order chi connectivity index (χ1) is 25.4. The number of nitrogens with one attached hydrogen (secondary N) is 2. The van der Waals surface area contributed by atoms with E-state index in [4.69, 9.17) is 10.00 Å². The molecule has 3 fully saturated rings. The molecular weight excluding hydrogens is 658 g/mol. The molecule has 274 valence electrons. The van der Waals surface area contributed by atoms with Gasteiger partial charge >= 0.3 is 5.69 Å². The summed E-state index contributed by atoms with van der Waals surface area (Å²) >= 11 is 0. The zero-order valence-corrected chi connectivity index (χ0v) is 30.1. The first-order valence-electron chi connectivity index (χ1n) is 18.8. The summed E-state index contributed by atoms with van der Waals surface area (Å²) in [5.74, 6) is 0.163. The lowest BCUT2D eigenvalue weighted by molar-refractivity contribution is -0.135. The molecule has 7 rings (SSSR count). The molecule has 2 aromatic carbocycles. The fourth-order valence-electron chi connectivity index (χ4n) is 8.36. The van der Waals surface area contributed by atoms with E-state index < -0.39 is 11.9 Å². The quantitative estimate of drug-likeness (QED) is 0.156. The molecule has 2 aliphatic heterocycles. The van der Waals surface area contributed by atoms with Crippen molar-refractivity contribution in [2.24, 2.45) is 7.05 Å². The number of ether oxygens (including phenoxy) is 1. The number of nitriles is 1. The molecule has 1 aliphatic carbocycles. The largest absolute Gasteiger partial charge is 0.381 e. The van der Waals surface area contributed by atoms with Crippen LogP contribution in [0.3, 0.4) is 0 Å². The van der Waals surface area contributed by atoms with E-state index in [1.807, 2.05) is 36.4 Å². The number of rotatable bonds is 13. The van der Waals surface area contributed by atoms with Crippen molar-refractivity contribution in [1.82, 2.24) is 34.2 Å². The molecule has 4 aromatic rings. The molecule has 1 saturated carbocycles. The molecule has 13 heteroatoms. The Hall–Kier alpha value is -4.64. The lowest BCUT2D eigenvalue weighted by Gasteiger charge is -2.42. The molecule has 3 aliphatic rings. The Balaban J connectivity index is 0.796. The number of aromatic nitrogens is 4. The van der Waals surface area contributed by atoms with Gasteiger partial charge in [0.2, 0.25) is 11.8 Å². The molecule has 1 atom stereocenters. The molecule has 2 saturated heterocycles. The monoisotopic (exact) mass is 707 g/mol. The van der Waals surface area contributed by atoms with Crippen molar-refractivity contribution in [2.75, 3.05) is 51.3 Å².